The van der Waals surface area contributed by atoms with E-state index in [1.54, 1.807) is 12.1 Å². The summed E-state index contributed by atoms with van der Waals surface area (Å²) >= 11 is 0. The first-order chi connectivity index (χ1) is 9.69. The van der Waals surface area contributed by atoms with Crippen LogP contribution in [-0.4, -0.2) is 13.2 Å². The third-order valence-corrected chi connectivity index (χ3v) is 3.09. The van der Waals surface area contributed by atoms with Gasteiger partial charge in [0.25, 0.3) is 0 Å². The molecular formula is C16H19FN2O. The van der Waals surface area contributed by atoms with Crippen LogP contribution in [0.25, 0.3) is 0 Å². The molecule has 0 amide bonds. The maximum Gasteiger partial charge on any atom is 0.146 e. The van der Waals surface area contributed by atoms with Crippen molar-refractivity contribution >= 4 is 17.1 Å². The molecule has 0 atom stereocenters. The molecule has 0 unspecified atom stereocenters. The Morgan fingerprint density at radius 3 is 2.40 bits per heavy atom. The fourth-order valence-corrected chi connectivity index (χ4v) is 2.19. The highest BCUT2D eigenvalue weighted by molar-refractivity contribution is 5.79. The van der Waals surface area contributed by atoms with E-state index in [2.05, 4.69) is 0 Å². The van der Waals surface area contributed by atoms with Gasteiger partial charge in [-0.05, 0) is 38.1 Å². The summed E-state index contributed by atoms with van der Waals surface area (Å²) in [7, 11) is 0. The van der Waals surface area contributed by atoms with E-state index in [9.17, 15) is 4.39 Å². The van der Waals surface area contributed by atoms with Crippen LogP contribution in [0.15, 0.2) is 42.5 Å². The number of ether oxygens (including phenoxy) is 1. The molecule has 0 aliphatic rings. The molecule has 106 valence electrons. The maximum atomic E-state index is 14.0. The molecule has 2 aromatic rings. The average molecular weight is 274 g/mol. The largest absolute Gasteiger partial charge is 0.492 e. The Balaban J connectivity index is 2.48. The van der Waals surface area contributed by atoms with Crippen LogP contribution in [0.1, 0.15) is 13.8 Å². The van der Waals surface area contributed by atoms with E-state index in [1.165, 1.54) is 6.07 Å². The lowest BCUT2D eigenvalue weighted by atomic mass is 10.2. The molecule has 0 aliphatic carbocycles. The summed E-state index contributed by atoms with van der Waals surface area (Å²) in [6.45, 7) is 5.01. The standard InChI is InChI=1S/C16H19FN2O/c1-3-19(13-9-6-5-8-12(13)17)14-10-7-11-15(16(14)18)20-4-2/h5-11H,3-4,18H2,1-2H3. The summed E-state index contributed by atoms with van der Waals surface area (Å²) < 4.78 is 19.5. The van der Waals surface area contributed by atoms with E-state index in [0.29, 0.717) is 30.3 Å². The van der Waals surface area contributed by atoms with Crippen LogP contribution in [0.3, 0.4) is 0 Å². The number of nitrogens with two attached hydrogens (primary N) is 1. The van der Waals surface area contributed by atoms with Gasteiger partial charge >= 0.3 is 0 Å². The molecule has 4 heteroatoms. The highest BCUT2D eigenvalue weighted by Crippen LogP contribution is 2.36. The van der Waals surface area contributed by atoms with Crippen molar-refractivity contribution < 1.29 is 9.13 Å². The van der Waals surface area contributed by atoms with Gasteiger partial charge in [0.1, 0.15) is 11.6 Å². The summed E-state index contributed by atoms with van der Waals surface area (Å²) in [5.74, 6) is 0.357. The Kier molecular flexibility index (Phi) is 4.45. The van der Waals surface area contributed by atoms with Gasteiger partial charge in [0.05, 0.1) is 23.7 Å². The molecule has 0 aromatic heterocycles. The number of para-hydroxylation sites is 2. The summed E-state index contributed by atoms with van der Waals surface area (Å²) in [5.41, 5.74) is 7.93. The lowest BCUT2D eigenvalue weighted by Crippen LogP contribution is -2.19. The van der Waals surface area contributed by atoms with Gasteiger partial charge in [0, 0.05) is 6.54 Å². The molecular weight excluding hydrogens is 255 g/mol. The van der Waals surface area contributed by atoms with Gasteiger partial charge in [-0.25, -0.2) is 4.39 Å². The third kappa shape index (κ3) is 2.69. The van der Waals surface area contributed by atoms with Gasteiger partial charge in [-0.15, -0.1) is 0 Å². The molecule has 3 nitrogen and oxygen atoms in total. The fourth-order valence-electron chi connectivity index (χ4n) is 2.19. The predicted molar refractivity (Wildman–Crippen MR) is 81.1 cm³/mol. The van der Waals surface area contributed by atoms with E-state index in [1.807, 2.05) is 43.0 Å². The number of rotatable bonds is 5. The number of nitrogen functional groups attached to an aromatic ring is 1. The van der Waals surface area contributed by atoms with Crippen LogP contribution in [-0.2, 0) is 0 Å². The first-order valence-electron chi connectivity index (χ1n) is 6.72. The molecule has 2 aromatic carbocycles. The van der Waals surface area contributed by atoms with E-state index in [4.69, 9.17) is 10.5 Å². The van der Waals surface area contributed by atoms with Crippen molar-refractivity contribution in [1.82, 2.24) is 0 Å². The highest BCUT2D eigenvalue weighted by atomic mass is 19.1. The molecule has 2 N–H and O–H groups in total. The van der Waals surface area contributed by atoms with Crippen molar-refractivity contribution in [1.29, 1.82) is 0 Å². The number of nitrogens with zero attached hydrogens (tertiary/aromatic N) is 1. The number of hydrogen-bond acceptors (Lipinski definition) is 3. The number of benzene rings is 2. The molecule has 0 fully saturated rings. The molecule has 0 bridgehead atoms. The average Bonchev–Trinajstić information content (AvgIpc) is 2.45. The Hall–Kier alpha value is -2.23. The summed E-state index contributed by atoms with van der Waals surface area (Å²) in [6.07, 6.45) is 0. The molecule has 0 saturated carbocycles. The number of hydrogen-bond donors (Lipinski definition) is 1. The highest BCUT2D eigenvalue weighted by Gasteiger charge is 2.16. The van der Waals surface area contributed by atoms with Gasteiger partial charge in [-0.3, -0.25) is 0 Å². The van der Waals surface area contributed by atoms with Crippen molar-refractivity contribution in [3.05, 3.63) is 48.3 Å². The van der Waals surface area contributed by atoms with Gasteiger partial charge in [0.2, 0.25) is 0 Å². The molecule has 0 spiro atoms. The van der Waals surface area contributed by atoms with Crippen LogP contribution >= 0.6 is 0 Å². The zero-order chi connectivity index (χ0) is 14.5. The molecule has 0 aliphatic heterocycles. The SMILES string of the molecule is CCOc1cccc(N(CC)c2ccccc2F)c1N. The van der Waals surface area contributed by atoms with Crippen molar-refractivity contribution in [2.24, 2.45) is 0 Å². The molecule has 0 heterocycles. The second-order valence-electron chi connectivity index (χ2n) is 4.32. The van der Waals surface area contributed by atoms with Crippen LogP contribution in [0, 0.1) is 5.82 Å². The minimum absolute atomic E-state index is 0.268. The van der Waals surface area contributed by atoms with E-state index in [-0.39, 0.29) is 5.82 Å². The van der Waals surface area contributed by atoms with Crippen LogP contribution in [0.5, 0.6) is 5.75 Å². The lowest BCUT2D eigenvalue weighted by molar-refractivity contribution is 0.342. The van der Waals surface area contributed by atoms with E-state index >= 15 is 0 Å². The van der Waals surface area contributed by atoms with Crippen molar-refractivity contribution in [3.8, 4) is 5.75 Å². The van der Waals surface area contributed by atoms with E-state index in [0.717, 1.165) is 5.69 Å². The van der Waals surface area contributed by atoms with Crippen molar-refractivity contribution in [2.75, 3.05) is 23.8 Å². The molecule has 0 radical (unpaired) electrons. The van der Waals surface area contributed by atoms with Gasteiger partial charge in [-0.1, -0.05) is 18.2 Å². The van der Waals surface area contributed by atoms with Gasteiger partial charge in [-0.2, -0.15) is 0 Å². The summed E-state index contributed by atoms with van der Waals surface area (Å²) in [6, 6.07) is 12.2. The Morgan fingerprint density at radius 1 is 1.05 bits per heavy atom. The fraction of sp³-hybridized carbons (Fsp3) is 0.250. The second-order valence-corrected chi connectivity index (χ2v) is 4.32. The minimum atomic E-state index is -0.268. The first-order valence-corrected chi connectivity index (χ1v) is 6.72. The molecule has 20 heavy (non-hydrogen) atoms. The normalized spacial score (nSPS) is 10.3. The van der Waals surface area contributed by atoms with Crippen molar-refractivity contribution in [3.63, 3.8) is 0 Å². The third-order valence-electron chi connectivity index (χ3n) is 3.09. The van der Waals surface area contributed by atoms with Crippen molar-refractivity contribution in [2.45, 2.75) is 13.8 Å². The quantitative estimate of drug-likeness (QED) is 0.839. The van der Waals surface area contributed by atoms with Crippen LogP contribution < -0.4 is 15.4 Å². The predicted octanol–water partition coefficient (Wildman–Crippen LogP) is 3.96. The van der Waals surface area contributed by atoms with Crippen LogP contribution in [0.2, 0.25) is 0 Å². The zero-order valence-electron chi connectivity index (χ0n) is 11.8. The minimum Gasteiger partial charge on any atom is -0.492 e. The van der Waals surface area contributed by atoms with Gasteiger partial charge in [0.15, 0.2) is 0 Å². The smallest absolute Gasteiger partial charge is 0.146 e. The Bertz CT molecular complexity index is 586. The number of anilines is 3. The molecule has 0 saturated heterocycles. The van der Waals surface area contributed by atoms with Crippen LogP contribution in [0.4, 0.5) is 21.5 Å². The van der Waals surface area contributed by atoms with E-state index < -0.39 is 0 Å². The van der Waals surface area contributed by atoms with Gasteiger partial charge < -0.3 is 15.4 Å². The number of halogens is 1. The first kappa shape index (κ1) is 14.2. The summed E-state index contributed by atoms with van der Waals surface area (Å²) in [4.78, 5) is 1.84. The Morgan fingerprint density at radius 2 is 1.75 bits per heavy atom. The monoisotopic (exact) mass is 274 g/mol. The summed E-state index contributed by atoms with van der Waals surface area (Å²) in [5, 5.41) is 0. The second kappa shape index (κ2) is 6.28. The maximum absolute atomic E-state index is 14.0. The Labute approximate surface area is 118 Å². The topological polar surface area (TPSA) is 38.5 Å². The lowest BCUT2D eigenvalue weighted by Gasteiger charge is -2.26. The molecule has 2 rings (SSSR count). The zero-order valence-corrected chi connectivity index (χ0v) is 11.8.